The summed E-state index contributed by atoms with van der Waals surface area (Å²) in [6, 6.07) is 21.6. The van der Waals surface area contributed by atoms with Gasteiger partial charge in [-0.2, -0.15) is 0 Å². The molecule has 0 saturated carbocycles. The number of pyridine rings is 2. The first-order valence-electron chi connectivity index (χ1n) is 11.5. The fourth-order valence-corrected chi connectivity index (χ4v) is 3.63. The zero-order valence-corrected chi connectivity index (χ0v) is 20.6. The maximum absolute atomic E-state index is 12.9. The summed E-state index contributed by atoms with van der Waals surface area (Å²) < 4.78 is 16.3. The van der Waals surface area contributed by atoms with Gasteiger partial charge >= 0.3 is 5.97 Å². The van der Waals surface area contributed by atoms with Crippen molar-refractivity contribution in [3.05, 3.63) is 109 Å². The first-order valence-corrected chi connectivity index (χ1v) is 11.5. The van der Waals surface area contributed by atoms with Crippen LogP contribution < -0.4 is 9.47 Å². The Balaban J connectivity index is 1.64. The molecule has 0 unspecified atom stereocenters. The topological polar surface area (TPSA) is 114 Å². The van der Waals surface area contributed by atoms with Gasteiger partial charge in [0.15, 0.2) is 0 Å². The van der Waals surface area contributed by atoms with Crippen molar-refractivity contribution in [2.75, 3.05) is 14.2 Å². The van der Waals surface area contributed by atoms with Gasteiger partial charge in [0.2, 0.25) is 0 Å². The minimum atomic E-state index is -0.623. The quantitative estimate of drug-likeness (QED) is 0.180. The zero-order valence-electron chi connectivity index (χ0n) is 20.6. The van der Waals surface area contributed by atoms with E-state index in [9.17, 15) is 4.79 Å². The molecular formula is C28H22N6O4. The number of rotatable bonds is 7. The summed E-state index contributed by atoms with van der Waals surface area (Å²) in [5.74, 6) is 0.783. The minimum Gasteiger partial charge on any atom is -0.497 e. The Kier molecular flexibility index (Phi) is 7.12. The summed E-state index contributed by atoms with van der Waals surface area (Å²) in [5.41, 5.74) is 3.48. The molecule has 3 aromatic heterocycles. The highest BCUT2D eigenvalue weighted by Gasteiger charge is 2.20. The highest BCUT2D eigenvalue weighted by Crippen LogP contribution is 2.32. The molecule has 2 aromatic carbocycles. The number of esters is 1. The number of benzene rings is 2. The van der Waals surface area contributed by atoms with E-state index in [0.717, 1.165) is 11.1 Å². The zero-order chi connectivity index (χ0) is 26.3. The lowest BCUT2D eigenvalue weighted by molar-refractivity contribution is 0.0716. The average Bonchev–Trinajstić information content (AvgIpc) is 3.41. The van der Waals surface area contributed by atoms with Gasteiger partial charge in [0.1, 0.15) is 22.9 Å². The summed E-state index contributed by atoms with van der Waals surface area (Å²) >= 11 is 0. The minimum absolute atomic E-state index is 0.00658. The fourth-order valence-electron chi connectivity index (χ4n) is 3.63. The molecule has 0 aliphatic rings. The molecule has 0 fully saturated rings. The Bertz CT molecular complexity index is 1550. The third kappa shape index (κ3) is 5.24. The van der Waals surface area contributed by atoms with Crippen LogP contribution in [0.4, 0.5) is 0 Å². The molecule has 10 nitrogen and oxygen atoms in total. The number of carbonyl (C=O) groups excluding carboxylic acids is 1. The van der Waals surface area contributed by atoms with Gasteiger partial charge in [0, 0.05) is 35.9 Å². The van der Waals surface area contributed by atoms with E-state index < -0.39 is 5.97 Å². The largest absolute Gasteiger partial charge is 0.497 e. The van der Waals surface area contributed by atoms with Crippen LogP contribution in [0.25, 0.3) is 22.5 Å². The van der Waals surface area contributed by atoms with E-state index in [0.29, 0.717) is 28.5 Å². The van der Waals surface area contributed by atoms with Crippen molar-refractivity contribution in [1.29, 1.82) is 0 Å². The maximum atomic E-state index is 12.9. The molecule has 5 rings (SSSR count). The van der Waals surface area contributed by atoms with Crippen LogP contribution in [0, 0.1) is 0 Å². The molecule has 0 radical (unpaired) electrons. The van der Waals surface area contributed by atoms with E-state index in [-0.39, 0.29) is 11.5 Å². The van der Waals surface area contributed by atoms with Crippen LogP contribution >= 0.6 is 0 Å². The van der Waals surface area contributed by atoms with Crippen molar-refractivity contribution in [3.63, 3.8) is 0 Å². The molecule has 0 bridgehead atoms. The van der Waals surface area contributed by atoms with E-state index in [2.05, 4.69) is 25.4 Å². The second kappa shape index (κ2) is 11.1. The van der Waals surface area contributed by atoms with Crippen LogP contribution in [0.15, 0.2) is 103 Å². The van der Waals surface area contributed by atoms with Crippen molar-refractivity contribution in [1.82, 2.24) is 25.1 Å². The van der Waals surface area contributed by atoms with Gasteiger partial charge < -0.3 is 14.2 Å². The number of methoxy groups -OCH3 is 2. The second-order valence-electron chi connectivity index (χ2n) is 7.91. The van der Waals surface area contributed by atoms with Crippen molar-refractivity contribution < 1.29 is 19.0 Å². The molecule has 0 aliphatic carbocycles. The van der Waals surface area contributed by atoms with E-state index >= 15 is 0 Å². The molecule has 0 N–H and O–H groups in total. The van der Waals surface area contributed by atoms with Crippen LogP contribution in [-0.2, 0) is 4.74 Å². The van der Waals surface area contributed by atoms with Crippen LogP contribution in [0.2, 0.25) is 0 Å². The Morgan fingerprint density at radius 1 is 0.763 bits per heavy atom. The van der Waals surface area contributed by atoms with Gasteiger partial charge in [-0.05, 0) is 78.0 Å². The summed E-state index contributed by atoms with van der Waals surface area (Å²) in [6.07, 6.45) is 6.15. The van der Waals surface area contributed by atoms with Gasteiger partial charge in [0.25, 0.3) is 5.90 Å². The van der Waals surface area contributed by atoms with Gasteiger partial charge in [-0.15, -0.1) is 15.0 Å². The second-order valence-corrected chi connectivity index (χ2v) is 7.91. The lowest BCUT2D eigenvalue weighted by atomic mass is 10.0. The molecule has 188 valence electrons. The molecular weight excluding hydrogens is 484 g/mol. The summed E-state index contributed by atoms with van der Waals surface area (Å²) in [5, 5.41) is 13.3. The number of carbonyl (C=O) groups is 1. The van der Waals surface area contributed by atoms with Crippen LogP contribution in [0.1, 0.15) is 15.9 Å². The first-order chi connectivity index (χ1) is 18.7. The Morgan fingerprint density at radius 2 is 1.34 bits per heavy atom. The third-order valence-corrected chi connectivity index (χ3v) is 5.56. The van der Waals surface area contributed by atoms with Crippen LogP contribution in [-0.4, -0.2) is 51.2 Å². The fraction of sp³-hybridized carbons (Fsp3) is 0.0714. The third-order valence-electron chi connectivity index (χ3n) is 5.56. The van der Waals surface area contributed by atoms with Gasteiger partial charge in [-0.25, -0.2) is 4.79 Å². The lowest BCUT2D eigenvalue weighted by Gasteiger charge is -2.10. The monoisotopic (exact) mass is 506 g/mol. The number of nitrogens with zero attached hydrogens (tertiary/aromatic N) is 6. The maximum Gasteiger partial charge on any atom is 0.346 e. The molecule has 0 spiro atoms. The highest BCUT2D eigenvalue weighted by molar-refractivity contribution is 6.04. The smallest absolute Gasteiger partial charge is 0.346 e. The average molecular weight is 507 g/mol. The normalized spacial score (nSPS) is 11.2. The predicted molar refractivity (Wildman–Crippen MR) is 140 cm³/mol. The van der Waals surface area contributed by atoms with E-state index in [1.165, 1.54) is 11.0 Å². The Hall–Kier alpha value is -5.38. The molecule has 10 heteroatoms. The highest BCUT2D eigenvalue weighted by atomic mass is 16.5. The lowest BCUT2D eigenvalue weighted by Crippen LogP contribution is -2.16. The summed E-state index contributed by atoms with van der Waals surface area (Å²) in [4.78, 5) is 22.4. The number of ether oxygens (including phenoxy) is 3. The van der Waals surface area contributed by atoms with Crippen LogP contribution in [0.3, 0.4) is 0 Å². The molecule has 0 atom stereocenters. The number of hydrogen-bond acceptors (Lipinski definition) is 9. The molecule has 0 aliphatic heterocycles. The molecule has 5 aromatic rings. The van der Waals surface area contributed by atoms with Crippen LogP contribution in [0.5, 0.6) is 11.5 Å². The van der Waals surface area contributed by atoms with E-state index in [4.69, 9.17) is 14.2 Å². The molecule has 0 amide bonds. The number of hydrogen-bond donors (Lipinski definition) is 0. The SMILES string of the molecule is COc1ccc(-c2nnn(/N=C(/OC(=O)c3cccnc3)c3cccnc3)c2-c2ccc(OC)cc2)cc1. The molecule has 38 heavy (non-hydrogen) atoms. The molecule has 0 saturated heterocycles. The van der Waals surface area contributed by atoms with Gasteiger partial charge in [-0.1, -0.05) is 0 Å². The standard InChI is InChI=1S/C28H22N6O4/c1-36-23-11-7-19(8-12-23)25-26(20-9-13-24(37-2)14-10-20)34(33-31-25)32-27(21-5-3-15-29-17-21)38-28(35)22-6-4-16-30-18-22/h3-18H,1-2H3/b32-27+. The van der Waals surface area contributed by atoms with Gasteiger partial charge in [-0.3, -0.25) is 9.97 Å². The Morgan fingerprint density at radius 3 is 1.89 bits per heavy atom. The van der Waals surface area contributed by atoms with E-state index in [1.54, 1.807) is 57.1 Å². The summed E-state index contributed by atoms with van der Waals surface area (Å²) in [7, 11) is 3.21. The first kappa shape index (κ1) is 24.3. The van der Waals surface area contributed by atoms with Crippen molar-refractivity contribution >= 4 is 11.9 Å². The Labute approximate surface area is 218 Å². The number of aromatic nitrogens is 5. The van der Waals surface area contributed by atoms with Crippen molar-refractivity contribution in [2.45, 2.75) is 0 Å². The van der Waals surface area contributed by atoms with E-state index in [1.807, 2.05) is 48.5 Å². The molecule has 3 heterocycles. The summed E-state index contributed by atoms with van der Waals surface area (Å²) in [6.45, 7) is 0. The van der Waals surface area contributed by atoms with Gasteiger partial charge in [0.05, 0.1) is 25.3 Å². The van der Waals surface area contributed by atoms with Crippen molar-refractivity contribution in [3.8, 4) is 34.0 Å². The predicted octanol–water partition coefficient (Wildman–Crippen LogP) is 4.49. The van der Waals surface area contributed by atoms with Crippen molar-refractivity contribution in [2.24, 2.45) is 5.10 Å².